The lowest BCUT2D eigenvalue weighted by Gasteiger charge is -2.21. The predicted octanol–water partition coefficient (Wildman–Crippen LogP) is 6.58. The fraction of sp³-hybridized carbons (Fsp3) is 0.192. The van der Waals surface area contributed by atoms with E-state index in [1.807, 2.05) is 12.1 Å². The van der Waals surface area contributed by atoms with Gasteiger partial charge in [0.2, 0.25) is 0 Å². The van der Waals surface area contributed by atoms with Crippen LogP contribution in [0.15, 0.2) is 85.2 Å². The summed E-state index contributed by atoms with van der Waals surface area (Å²) in [5.74, 6) is 0. The number of hydrogen-bond donors (Lipinski definition) is 0. The van der Waals surface area contributed by atoms with Crippen molar-refractivity contribution in [2.75, 3.05) is 0 Å². The van der Waals surface area contributed by atoms with Gasteiger partial charge in [-0.1, -0.05) is 48.6 Å². The van der Waals surface area contributed by atoms with Crippen LogP contribution in [0.25, 0.3) is 16.8 Å². The number of aryl methyl sites for hydroxylation is 1. The maximum absolute atomic E-state index is 8.86. The first-order chi connectivity index (χ1) is 13.9. The second kappa shape index (κ2) is 8.59. The lowest BCUT2D eigenvalue weighted by molar-refractivity contribution is 0.877. The van der Waals surface area contributed by atoms with Gasteiger partial charge < -0.3 is 4.57 Å². The van der Waals surface area contributed by atoms with Crippen LogP contribution in [0.1, 0.15) is 42.4 Å². The molecule has 0 N–H and O–H groups in total. The van der Waals surface area contributed by atoms with Crippen molar-refractivity contribution >= 4 is 11.1 Å². The second-order valence-electron chi connectivity index (χ2n) is 7.12. The van der Waals surface area contributed by atoms with E-state index in [1.54, 1.807) is 0 Å². The first kappa shape index (κ1) is 18.1. The molecular formula is C26H24N2. The first-order valence-electron chi connectivity index (χ1n) is 9.96. The zero-order chi connectivity index (χ0) is 19.2. The number of allylic oxidation sites excluding steroid dienone is 4. The number of nitrogens with zero attached hydrogens (tertiary/aromatic N) is 2. The maximum Gasteiger partial charge on any atom is 0.0621 e. The SMILES string of the molecule is N#CCCC/C=C(/C1=CCCc2ccccc21)c1ccc(-n2cccc2)cc1. The molecule has 0 aliphatic heterocycles. The first-order valence-corrected chi connectivity index (χ1v) is 9.96. The Balaban J connectivity index is 1.70. The maximum atomic E-state index is 8.86. The summed E-state index contributed by atoms with van der Waals surface area (Å²) in [5, 5.41) is 8.86. The molecule has 1 aliphatic rings. The Morgan fingerprint density at radius 1 is 1.00 bits per heavy atom. The Bertz CT molecular complexity index is 1030. The minimum Gasteiger partial charge on any atom is -0.324 e. The molecule has 1 heterocycles. The van der Waals surface area contributed by atoms with Gasteiger partial charge in [0.25, 0.3) is 0 Å². The molecule has 0 bridgehead atoms. The highest BCUT2D eigenvalue weighted by molar-refractivity contribution is 6.06. The smallest absolute Gasteiger partial charge is 0.0621 e. The summed E-state index contributed by atoms with van der Waals surface area (Å²) < 4.78 is 2.12. The van der Waals surface area contributed by atoms with E-state index in [-0.39, 0.29) is 0 Å². The molecule has 0 atom stereocenters. The topological polar surface area (TPSA) is 28.7 Å². The van der Waals surface area contributed by atoms with Crippen molar-refractivity contribution in [3.63, 3.8) is 0 Å². The van der Waals surface area contributed by atoms with Crippen LogP contribution in [0.3, 0.4) is 0 Å². The zero-order valence-electron chi connectivity index (χ0n) is 16.0. The normalized spacial score (nSPS) is 13.5. The minimum atomic E-state index is 0.603. The summed E-state index contributed by atoms with van der Waals surface area (Å²) in [7, 11) is 0. The van der Waals surface area contributed by atoms with Gasteiger partial charge in [0.1, 0.15) is 0 Å². The molecular weight excluding hydrogens is 340 g/mol. The Labute approximate surface area is 167 Å². The zero-order valence-corrected chi connectivity index (χ0v) is 16.0. The van der Waals surface area contributed by atoms with E-state index in [2.05, 4.69) is 83.7 Å². The van der Waals surface area contributed by atoms with Crippen LogP contribution in [0.2, 0.25) is 0 Å². The molecule has 0 amide bonds. The van der Waals surface area contributed by atoms with E-state index in [9.17, 15) is 0 Å². The van der Waals surface area contributed by atoms with Gasteiger partial charge in [0.15, 0.2) is 0 Å². The van der Waals surface area contributed by atoms with Crippen molar-refractivity contribution in [3.8, 4) is 11.8 Å². The van der Waals surface area contributed by atoms with Crippen LogP contribution < -0.4 is 0 Å². The van der Waals surface area contributed by atoms with Gasteiger partial charge >= 0.3 is 0 Å². The third-order valence-corrected chi connectivity index (χ3v) is 5.28. The molecule has 2 aromatic carbocycles. The molecule has 0 unspecified atom stereocenters. The Kier molecular flexibility index (Phi) is 5.54. The molecule has 3 aromatic rings. The second-order valence-corrected chi connectivity index (χ2v) is 7.12. The van der Waals surface area contributed by atoms with Gasteiger partial charge in [-0.05, 0) is 77.8 Å². The van der Waals surface area contributed by atoms with Crippen molar-refractivity contribution in [1.29, 1.82) is 5.26 Å². The third kappa shape index (κ3) is 3.85. The number of aromatic nitrogens is 1. The Morgan fingerprint density at radius 3 is 2.57 bits per heavy atom. The van der Waals surface area contributed by atoms with Crippen molar-refractivity contribution < 1.29 is 0 Å². The van der Waals surface area contributed by atoms with Crippen LogP contribution in [0, 0.1) is 11.3 Å². The average molecular weight is 364 g/mol. The number of unbranched alkanes of at least 4 members (excludes halogenated alkanes) is 2. The predicted molar refractivity (Wildman–Crippen MR) is 116 cm³/mol. The highest BCUT2D eigenvalue weighted by Crippen LogP contribution is 2.37. The highest BCUT2D eigenvalue weighted by Gasteiger charge is 2.16. The molecule has 0 saturated heterocycles. The van der Waals surface area contributed by atoms with Crippen molar-refractivity contribution in [2.24, 2.45) is 0 Å². The van der Waals surface area contributed by atoms with Crippen molar-refractivity contribution in [3.05, 3.63) is 102 Å². The van der Waals surface area contributed by atoms with Crippen LogP contribution in [0.5, 0.6) is 0 Å². The lowest BCUT2D eigenvalue weighted by atomic mass is 9.84. The fourth-order valence-corrected chi connectivity index (χ4v) is 3.87. The molecule has 2 nitrogen and oxygen atoms in total. The van der Waals surface area contributed by atoms with Gasteiger partial charge in [-0.15, -0.1) is 0 Å². The number of benzene rings is 2. The lowest BCUT2D eigenvalue weighted by Crippen LogP contribution is -2.02. The molecule has 0 fully saturated rings. The fourth-order valence-electron chi connectivity index (χ4n) is 3.87. The number of nitriles is 1. The molecule has 2 heteroatoms. The summed E-state index contributed by atoms with van der Waals surface area (Å²) in [6, 6.07) is 23.8. The molecule has 1 aliphatic carbocycles. The summed E-state index contributed by atoms with van der Waals surface area (Å²) in [4.78, 5) is 0. The Morgan fingerprint density at radius 2 is 1.79 bits per heavy atom. The van der Waals surface area contributed by atoms with Gasteiger partial charge in [0, 0.05) is 24.5 Å². The van der Waals surface area contributed by atoms with E-state index in [0.717, 1.165) is 31.4 Å². The molecule has 0 saturated carbocycles. The van der Waals surface area contributed by atoms with Gasteiger partial charge in [-0.2, -0.15) is 5.26 Å². The molecule has 138 valence electrons. The van der Waals surface area contributed by atoms with Crippen molar-refractivity contribution in [2.45, 2.75) is 32.1 Å². The van der Waals surface area contributed by atoms with Gasteiger partial charge in [0.05, 0.1) is 6.07 Å². The van der Waals surface area contributed by atoms with E-state index < -0.39 is 0 Å². The number of rotatable bonds is 6. The highest BCUT2D eigenvalue weighted by atomic mass is 14.9. The standard InChI is InChI=1S/C26H24N2/c27-18-5-1-2-11-25(26-13-8-10-21-9-3-4-12-24(21)26)22-14-16-23(17-15-22)28-19-6-7-20-28/h3-4,6-7,9,11-17,19-20H,1-2,5,8,10H2/b25-11+. The summed E-state index contributed by atoms with van der Waals surface area (Å²) in [6.45, 7) is 0. The molecule has 0 spiro atoms. The molecule has 0 radical (unpaired) electrons. The van der Waals surface area contributed by atoms with Gasteiger partial charge in [-0.25, -0.2) is 0 Å². The average Bonchev–Trinajstić information content (AvgIpc) is 3.29. The van der Waals surface area contributed by atoms with Gasteiger partial charge in [-0.3, -0.25) is 0 Å². The summed E-state index contributed by atoms with van der Waals surface area (Å²) >= 11 is 0. The van der Waals surface area contributed by atoms with Crippen LogP contribution in [0.4, 0.5) is 0 Å². The van der Waals surface area contributed by atoms with E-state index >= 15 is 0 Å². The van der Waals surface area contributed by atoms with Crippen LogP contribution in [-0.4, -0.2) is 4.57 Å². The number of fused-ring (bicyclic) bond motifs is 1. The minimum absolute atomic E-state index is 0.603. The monoisotopic (exact) mass is 364 g/mol. The largest absolute Gasteiger partial charge is 0.324 e. The van der Waals surface area contributed by atoms with Crippen LogP contribution in [-0.2, 0) is 6.42 Å². The molecule has 1 aromatic heterocycles. The Hall–Kier alpha value is -3.31. The molecule has 4 rings (SSSR count). The van der Waals surface area contributed by atoms with E-state index in [1.165, 1.54) is 27.8 Å². The summed E-state index contributed by atoms with van der Waals surface area (Å²) in [5.41, 5.74) is 7.77. The van der Waals surface area contributed by atoms with Crippen LogP contribution >= 0.6 is 0 Å². The van der Waals surface area contributed by atoms with E-state index in [4.69, 9.17) is 5.26 Å². The molecule has 28 heavy (non-hydrogen) atoms. The van der Waals surface area contributed by atoms with E-state index in [0.29, 0.717) is 6.42 Å². The number of hydrogen-bond acceptors (Lipinski definition) is 1. The third-order valence-electron chi connectivity index (χ3n) is 5.28. The quantitative estimate of drug-likeness (QED) is 0.454. The van der Waals surface area contributed by atoms with Crippen molar-refractivity contribution in [1.82, 2.24) is 4.57 Å². The summed E-state index contributed by atoms with van der Waals surface area (Å²) in [6.07, 6.45) is 13.4.